The summed E-state index contributed by atoms with van der Waals surface area (Å²) < 4.78 is 1.59. The maximum Gasteiger partial charge on any atom is 0.319 e. The number of aromatic nitrogens is 4. The van der Waals surface area contributed by atoms with Gasteiger partial charge in [0.1, 0.15) is 0 Å². The Labute approximate surface area is 149 Å². The second-order valence-corrected chi connectivity index (χ2v) is 5.44. The van der Waals surface area contributed by atoms with Crippen LogP contribution in [0.1, 0.15) is 0 Å². The van der Waals surface area contributed by atoms with Gasteiger partial charge in [-0.15, -0.1) is 0 Å². The van der Waals surface area contributed by atoms with Gasteiger partial charge in [-0.05, 0) is 34.7 Å². The Kier molecular flexibility index (Phi) is 5.43. The summed E-state index contributed by atoms with van der Waals surface area (Å²) in [5.41, 5.74) is 1.40. The molecule has 8 nitrogen and oxygen atoms in total. The number of rotatable bonds is 6. The van der Waals surface area contributed by atoms with Crippen molar-refractivity contribution in [3.8, 4) is 5.69 Å². The standard InChI is InChI=1S/C16H16ClN7O/c17-13-8-4-5-9-14(13)20-16(25)19-11-10-18-15-21-22-23-24(15)12-6-2-1-3-7-12/h1-9H,10-11H2,(H,18,21,23)(H2,19,20,25). The van der Waals surface area contributed by atoms with Crippen molar-refractivity contribution in [1.82, 2.24) is 25.5 Å². The quantitative estimate of drug-likeness (QED) is 0.589. The normalized spacial score (nSPS) is 10.3. The first-order valence-electron chi connectivity index (χ1n) is 7.61. The van der Waals surface area contributed by atoms with Crippen molar-refractivity contribution in [3.05, 3.63) is 59.6 Å². The number of amides is 2. The highest BCUT2D eigenvalue weighted by Gasteiger charge is 2.08. The fourth-order valence-electron chi connectivity index (χ4n) is 2.12. The molecule has 0 fully saturated rings. The summed E-state index contributed by atoms with van der Waals surface area (Å²) in [5.74, 6) is 0.500. The number of hydrogen-bond donors (Lipinski definition) is 3. The first-order valence-corrected chi connectivity index (χ1v) is 7.99. The third-order valence-electron chi connectivity index (χ3n) is 3.29. The molecule has 0 aliphatic carbocycles. The van der Waals surface area contributed by atoms with Crippen LogP contribution in [-0.2, 0) is 0 Å². The minimum absolute atomic E-state index is 0.336. The molecule has 0 spiro atoms. The van der Waals surface area contributed by atoms with E-state index in [0.717, 1.165) is 5.69 Å². The lowest BCUT2D eigenvalue weighted by Gasteiger charge is -2.10. The smallest absolute Gasteiger partial charge is 0.319 e. The van der Waals surface area contributed by atoms with Gasteiger partial charge in [0.05, 0.1) is 16.4 Å². The molecule has 0 atom stereocenters. The highest BCUT2D eigenvalue weighted by molar-refractivity contribution is 6.33. The van der Waals surface area contributed by atoms with Gasteiger partial charge in [-0.3, -0.25) is 0 Å². The van der Waals surface area contributed by atoms with E-state index in [-0.39, 0.29) is 6.03 Å². The molecule has 1 heterocycles. The second-order valence-electron chi connectivity index (χ2n) is 5.04. The zero-order valence-corrected chi connectivity index (χ0v) is 13.9. The lowest BCUT2D eigenvalue weighted by atomic mass is 10.3. The van der Waals surface area contributed by atoms with Gasteiger partial charge >= 0.3 is 6.03 Å². The van der Waals surface area contributed by atoms with Crippen LogP contribution >= 0.6 is 11.6 Å². The molecular formula is C16H16ClN7O. The van der Waals surface area contributed by atoms with Crippen LogP contribution in [0.15, 0.2) is 54.6 Å². The zero-order chi connectivity index (χ0) is 17.5. The molecule has 0 radical (unpaired) electrons. The Hall–Kier alpha value is -3.13. The molecule has 0 aliphatic heterocycles. The van der Waals surface area contributed by atoms with E-state index in [0.29, 0.717) is 29.7 Å². The molecule has 0 aliphatic rings. The van der Waals surface area contributed by atoms with Crippen LogP contribution in [-0.4, -0.2) is 39.3 Å². The van der Waals surface area contributed by atoms with E-state index < -0.39 is 0 Å². The minimum Gasteiger partial charge on any atom is -0.351 e. The summed E-state index contributed by atoms with van der Waals surface area (Å²) in [6, 6.07) is 16.2. The van der Waals surface area contributed by atoms with Gasteiger partial charge in [0.25, 0.3) is 0 Å². The molecule has 0 saturated heterocycles. The number of benzene rings is 2. The lowest BCUT2D eigenvalue weighted by Crippen LogP contribution is -2.33. The number of nitrogens with zero attached hydrogens (tertiary/aromatic N) is 4. The molecule has 2 amide bonds. The largest absolute Gasteiger partial charge is 0.351 e. The predicted molar refractivity (Wildman–Crippen MR) is 96.1 cm³/mol. The summed E-state index contributed by atoms with van der Waals surface area (Å²) in [6.07, 6.45) is 0. The average molecular weight is 358 g/mol. The van der Waals surface area contributed by atoms with Crippen LogP contribution in [0.25, 0.3) is 5.69 Å². The van der Waals surface area contributed by atoms with Crippen LogP contribution in [0.5, 0.6) is 0 Å². The van der Waals surface area contributed by atoms with Gasteiger partial charge in [-0.2, -0.15) is 4.68 Å². The first-order chi connectivity index (χ1) is 12.2. The zero-order valence-electron chi connectivity index (χ0n) is 13.2. The third-order valence-corrected chi connectivity index (χ3v) is 3.62. The number of carbonyl (C=O) groups is 1. The Morgan fingerprint density at radius 1 is 1.04 bits per heavy atom. The lowest BCUT2D eigenvalue weighted by molar-refractivity contribution is 0.252. The van der Waals surface area contributed by atoms with E-state index in [1.165, 1.54) is 0 Å². The number of anilines is 2. The molecule has 25 heavy (non-hydrogen) atoms. The van der Waals surface area contributed by atoms with Crippen LogP contribution in [0.4, 0.5) is 16.4 Å². The highest BCUT2D eigenvalue weighted by Crippen LogP contribution is 2.19. The SMILES string of the molecule is O=C(NCCNc1nnnn1-c1ccccc1)Nc1ccccc1Cl. The number of carbonyl (C=O) groups excluding carboxylic acids is 1. The number of halogens is 1. The van der Waals surface area contributed by atoms with Gasteiger partial charge in [0.15, 0.2) is 0 Å². The van der Waals surface area contributed by atoms with E-state index in [1.807, 2.05) is 30.3 Å². The molecule has 0 saturated carbocycles. The molecule has 128 valence electrons. The molecular weight excluding hydrogens is 342 g/mol. The Bertz CT molecular complexity index is 837. The first kappa shape index (κ1) is 16.7. The number of tetrazole rings is 1. The molecule has 9 heteroatoms. The Morgan fingerprint density at radius 2 is 1.80 bits per heavy atom. The average Bonchev–Trinajstić information content (AvgIpc) is 3.10. The van der Waals surface area contributed by atoms with Crippen molar-refractivity contribution in [2.75, 3.05) is 23.7 Å². The van der Waals surface area contributed by atoms with Crippen LogP contribution in [0, 0.1) is 0 Å². The van der Waals surface area contributed by atoms with Crippen molar-refractivity contribution < 1.29 is 4.79 Å². The third kappa shape index (κ3) is 4.45. The topological polar surface area (TPSA) is 96.8 Å². The van der Waals surface area contributed by atoms with E-state index in [9.17, 15) is 4.79 Å². The Balaban J connectivity index is 1.47. The van der Waals surface area contributed by atoms with Gasteiger partial charge in [-0.1, -0.05) is 47.0 Å². The minimum atomic E-state index is -0.336. The summed E-state index contributed by atoms with van der Waals surface area (Å²) in [7, 11) is 0. The fraction of sp³-hybridized carbons (Fsp3) is 0.125. The van der Waals surface area contributed by atoms with Crippen LogP contribution in [0.2, 0.25) is 5.02 Å². The van der Waals surface area contributed by atoms with Crippen molar-refractivity contribution in [2.45, 2.75) is 0 Å². The maximum absolute atomic E-state index is 11.9. The molecule has 1 aromatic heterocycles. The molecule has 0 unspecified atom stereocenters. The van der Waals surface area contributed by atoms with Gasteiger partial charge in [0, 0.05) is 13.1 Å². The van der Waals surface area contributed by atoms with Gasteiger partial charge in [0.2, 0.25) is 5.95 Å². The van der Waals surface area contributed by atoms with Crippen molar-refractivity contribution in [3.63, 3.8) is 0 Å². The number of para-hydroxylation sites is 2. The highest BCUT2D eigenvalue weighted by atomic mass is 35.5. The van der Waals surface area contributed by atoms with E-state index in [4.69, 9.17) is 11.6 Å². The summed E-state index contributed by atoms with van der Waals surface area (Å²) in [6.45, 7) is 0.848. The van der Waals surface area contributed by atoms with Crippen LogP contribution < -0.4 is 16.0 Å². The van der Waals surface area contributed by atoms with Crippen molar-refractivity contribution >= 4 is 29.3 Å². The monoisotopic (exact) mass is 357 g/mol. The summed E-state index contributed by atoms with van der Waals surface area (Å²) >= 11 is 5.99. The number of hydrogen-bond acceptors (Lipinski definition) is 5. The summed E-state index contributed by atoms with van der Waals surface area (Å²) in [4.78, 5) is 11.9. The van der Waals surface area contributed by atoms with E-state index >= 15 is 0 Å². The van der Waals surface area contributed by atoms with Crippen LogP contribution in [0.3, 0.4) is 0 Å². The second kappa shape index (κ2) is 8.11. The van der Waals surface area contributed by atoms with Crippen molar-refractivity contribution in [1.29, 1.82) is 0 Å². The van der Waals surface area contributed by atoms with Crippen molar-refractivity contribution in [2.24, 2.45) is 0 Å². The van der Waals surface area contributed by atoms with E-state index in [1.54, 1.807) is 28.9 Å². The fourth-order valence-corrected chi connectivity index (χ4v) is 2.30. The summed E-state index contributed by atoms with van der Waals surface area (Å²) in [5, 5.41) is 20.5. The number of nitrogens with one attached hydrogen (secondary N) is 3. The molecule has 0 bridgehead atoms. The molecule has 3 rings (SSSR count). The molecule has 2 aromatic carbocycles. The van der Waals surface area contributed by atoms with Gasteiger partial charge < -0.3 is 16.0 Å². The van der Waals surface area contributed by atoms with Gasteiger partial charge in [-0.25, -0.2) is 4.79 Å². The number of urea groups is 1. The maximum atomic E-state index is 11.9. The molecule has 3 N–H and O–H groups in total. The Morgan fingerprint density at radius 3 is 2.60 bits per heavy atom. The predicted octanol–water partition coefficient (Wildman–Crippen LogP) is 2.55. The van der Waals surface area contributed by atoms with E-state index in [2.05, 4.69) is 31.5 Å². The molecule has 3 aromatic rings.